The third kappa shape index (κ3) is 1.83. The lowest BCUT2D eigenvalue weighted by Crippen LogP contribution is -2.51. The highest BCUT2D eigenvalue weighted by atomic mass is 16.2. The van der Waals surface area contributed by atoms with Crippen LogP contribution in [0.15, 0.2) is 48.5 Å². The number of hydrogen-bond acceptors (Lipinski definition) is 1. The lowest BCUT2D eigenvalue weighted by atomic mass is 9.49. The maximum atomic E-state index is 14.0. The second kappa shape index (κ2) is 4.75. The molecule has 4 aliphatic rings. The first-order chi connectivity index (χ1) is 12.2. The molecule has 1 aromatic heterocycles. The Morgan fingerprint density at radius 2 is 1.20 bits per heavy atom. The summed E-state index contributed by atoms with van der Waals surface area (Å²) in [6.07, 6.45) is 7.50. The number of aromatic nitrogens is 1. The summed E-state index contributed by atoms with van der Waals surface area (Å²) in [5.41, 5.74) is 2.08. The van der Waals surface area contributed by atoms with Gasteiger partial charge in [-0.3, -0.25) is 9.36 Å². The van der Waals surface area contributed by atoms with Crippen molar-refractivity contribution in [2.45, 2.75) is 38.5 Å². The summed E-state index contributed by atoms with van der Waals surface area (Å²) in [5, 5.41) is 2.41. The zero-order valence-corrected chi connectivity index (χ0v) is 14.4. The van der Waals surface area contributed by atoms with Crippen molar-refractivity contribution in [1.82, 2.24) is 4.57 Å². The van der Waals surface area contributed by atoms with Crippen molar-refractivity contribution in [2.24, 2.45) is 23.2 Å². The van der Waals surface area contributed by atoms with Crippen molar-refractivity contribution in [3.05, 3.63) is 48.5 Å². The van der Waals surface area contributed by atoms with Crippen LogP contribution in [-0.2, 0) is 0 Å². The summed E-state index contributed by atoms with van der Waals surface area (Å²) in [6.45, 7) is 0. The van der Waals surface area contributed by atoms with Crippen LogP contribution in [0.5, 0.6) is 0 Å². The molecule has 1 heterocycles. The highest BCUT2D eigenvalue weighted by Gasteiger charge is 2.55. The minimum Gasteiger partial charge on any atom is -0.279 e. The van der Waals surface area contributed by atoms with Crippen LogP contribution in [0.1, 0.15) is 43.3 Å². The van der Waals surface area contributed by atoms with Gasteiger partial charge in [0.2, 0.25) is 5.91 Å². The molecular formula is C23H23NO. The minimum absolute atomic E-state index is 0.0979. The second-order valence-corrected chi connectivity index (χ2v) is 8.87. The molecule has 0 saturated heterocycles. The van der Waals surface area contributed by atoms with E-state index in [0.717, 1.165) is 48.0 Å². The van der Waals surface area contributed by atoms with Crippen LogP contribution in [0.2, 0.25) is 0 Å². The van der Waals surface area contributed by atoms with E-state index in [0.29, 0.717) is 5.91 Å². The van der Waals surface area contributed by atoms with E-state index in [-0.39, 0.29) is 5.41 Å². The fourth-order valence-corrected chi connectivity index (χ4v) is 6.75. The zero-order valence-electron chi connectivity index (χ0n) is 14.4. The van der Waals surface area contributed by atoms with Crippen LogP contribution < -0.4 is 0 Å². The monoisotopic (exact) mass is 329 g/mol. The molecule has 2 aromatic carbocycles. The van der Waals surface area contributed by atoms with E-state index in [1.54, 1.807) is 0 Å². The van der Waals surface area contributed by atoms with E-state index in [1.165, 1.54) is 30.0 Å². The van der Waals surface area contributed by atoms with Gasteiger partial charge in [0.05, 0.1) is 16.4 Å². The Balaban J connectivity index is 1.58. The number of para-hydroxylation sites is 2. The summed E-state index contributed by atoms with van der Waals surface area (Å²) < 4.78 is 2.07. The highest BCUT2D eigenvalue weighted by molar-refractivity contribution is 6.14. The largest absolute Gasteiger partial charge is 0.279 e. The lowest BCUT2D eigenvalue weighted by molar-refractivity contribution is -0.0395. The molecule has 0 radical (unpaired) electrons. The Kier molecular flexibility index (Phi) is 2.68. The maximum absolute atomic E-state index is 14.0. The molecule has 0 atom stereocenters. The molecule has 25 heavy (non-hydrogen) atoms. The van der Waals surface area contributed by atoms with Gasteiger partial charge in [-0.15, -0.1) is 0 Å². The predicted molar refractivity (Wildman–Crippen MR) is 101 cm³/mol. The molecule has 2 heteroatoms. The van der Waals surface area contributed by atoms with E-state index in [4.69, 9.17) is 0 Å². The standard InChI is InChI=1S/C23H23NO/c25-22(23-12-15-9-16(13-23)11-17(10-15)14-23)24-20-7-3-1-5-18(20)19-6-2-4-8-21(19)24/h1-8,15-17H,9-14H2. The number of carbonyl (C=O) groups excluding carboxylic acids is 1. The molecule has 2 nitrogen and oxygen atoms in total. The van der Waals surface area contributed by atoms with Gasteiger partial charge in [0.1, 0.15) is 0 Å². The van der Waals surface area contributed by atoms with Gasteiger partial charge in [0.25, 0.3) is 0 Å². The summed E-state index contributed by atoms with van der Waals surface area (Å²) in [4.78, 5) is 14.0. The number of benzene rings is 2. The number of fused-ring (bicyclic) bond motifs is 3. The number of hydrogen-bond donors (Lipinski definition) is 0. The van der Waals surface area contributed by atoms with Crippen LogP contribution in [0.3, 0.4) is 0 Å². The fourth-order valence-electron chi connectivity index (χ4n) is 6.75. The minimum atomic E-state index is -0.0979. The van der Waals surface area contributed by atoms with Crippen molar-refractivity contribution in [3.63, 3.8) is 0 Å². The van der Waals surface area contributed by atoms with Crippen LogP contribution in [0.4, 0.5) is 0 Å². The predicted octanol–water partition coefficient (Wildman–Crippen LogP) is 5.65. The van der Waals surface area contributed by atoms with Gasteiger partial charge in [-0.25, -0.2) is 0 Å². The van der Waals surface area contributed by atoms with E-state index in [1.807, 2.05) is 0 Å². The molecule has 4 fully saturated rings. The quantitative estimate of drug-likeness (QED) is 0.565. The van der Waals surface area contributed by atoms with Crippen LogP contribution >= 0.6 is 0 Å². The summed E-state index contributed by atoms with van der Waals surface area (Å²) in [7, 11) is 0. The molecule has 4 saturated carbocycles. The highest BCUT2D eigenvalue weighted by Crippen LogP contribution is 2.60. The Morgan fingerprint density at radius 1 is 0.760 bits per heavy atom. The lowest BCUT2D eigenvalue weighted by Gasteiger charge is -2.55. The first-order valence-electron chi connectivity index (χ1n) is 9.76. The third-order valence-corrected chi connectivity index (χ3v) is 7.28. The second-order valence-electron chi connectivity index (χ2n) is 8.87. The molecule has 0 amide bonds. The van der Waals surface area contributed by atoms with Gasteiger partial charge in [-0.1, -0.05) is 36.4 Å². The number of carbonyl (C=O) groups is 1. The summed E-state index contributed by atoms with van der Waals surface area (Å²) >= 11 is 0. The van der Waals surface area contributed by atoms with Gasteiger partial charge in [-0.05, 0) is 68.4 Å². The van der Waals surface area contributed by atoms with E-state index in [9.17, 15) is 4.79 Å². The molecular weight excluding hydrogens is 306 g/mol. The average Bonchev–Trinajstić information content (AvgIpc) is 2.94. The first-order valence-corrected chi connectivity index (χ1v) is 9.76. The average molecular weight is 329 g/mol. The van der Waals surface area contributed by atoms with Crippen molar-refractivity contribution in [3.8, 4) is 0 Å². The third-order valence-electron chi connectivity index (χ3n) is 7.28. The molecule has 0 spiro atoms. The van der Waals surface area contributed by atoms with Gasteiger partial charge >= 0.3 is 0 Å². The van der Waals surface area contributed by atoms with Gasteiger partial charge in [0, 0.05) is 10.8 Å². The van der Waals surface area contributed by atoms with Gasteiger partial charge < -0.3 is 0 Å². The summed E-state index contributed by atoms with van der Waals surface area (Å²) in [6, 6.07) is 16.8. The van der Waals surface area contributed by atoms with Gasteiger partial charge in [-0.2, -0.15) is 0 Å². The van der Waals surface area contributed by atoms with Gasteiger partial charge in [0.15, 0.2) is 0 Å². The van der Waals surface area contributed by atoms with Crippen LogP contribution in [-0.4, -0.2) is 10.5 Å². The fraction of sp³-hybridized carbons (Fsp3) is 0.435. The molecule has 3 aromatic rings. The molecule has 4 aliphatic carbocycles. The van der Waals surface area contributed by atoms with Crippen molar-refractivity contribution in [2.75, 3.05) is 0 Å². The Hall–Kier alpha value is -2.09. The smallest absolute Gasteiger partial charge is 0.237 e. The van der Waals surface area contributed by atoms with Crippen molar-refractivity contribution in [1.29, 1.82) is 0 Å². The SMILES string of the molecule is O=C(n1c2ccccc2c2ccccc21)C12CC3CC(CC(C3)C1)C2. The number of nitrogens with zero attached hydrogens (tertiary/aromatic N) is 1. The Morgan fingerprint density at radius 3 is 1.68 bits per heavy atom. The van der Waals surface area contributed by atoms with E-state index < -0.39 is 0 Å². The van der Waals surface area contributed by atoms with E-state index >= 15 is 0 Å². The molecule has 4 bridgehead atoms. The summed E-state index contributed by atoms with van der Waals surface area (Å²) in [5.74, 6) is 2.76. The Labute approximate surface area is 147 Å². The Bertz CT molecular complexity index is 923. The zero-order chi connectivity index (χ0) is 16.6. The molecule has 0 unspecified atom stereocenters. The molecule has 0 N–H and O–H groups in total. The van der Waals surface area contributed by atoms with Crippen molar-refractivity contribution < 1.29 is 4.79 Å². The molecule has 7 rings (SSSR count). The normalized spacial score (nSPS) is 33.4. The van der Waals surface area contributed by atoms with Crippen molar-refractivity contribution >= 4 is 27.7 Å². The maximum Gasteiger partial charge on any atom is 0.237 e. The molecule has 0 aliphatic heterocycles. The van der Waals surface area contributed by atoms with Crippen LogP contribution in [0.25, 0.3) is 21.8 Å². The number of rotatable bonds is 1. The van der Waals surface area contributed by atoms with Crippen LogP contribution in [0, 0.1) is 23.2 Å². The first kappa shape index (κ1) is 14.1. The topological polar surface area (TPSA) is 22.0 Å². The molecule has 126 valence electrons. The van der Waals surface area contributed by atoms with E-state index in [2.05, 4.69) is 53.1 Å².